The minimum atomic E-state index is -3.64. The van der Waals surface area contributed by atoms with Gasteiger partial charge in [-0.2, -0.15) is 9.57 Å². The fourth-order valence-electron chi connectivity index (χ4n) is 4.97. The molecule has 4 rings (SSSR count). The molecule has 1 unspecified atom stereocenters. The number of likely N-dealkylation sites (tertiary alicyclic amines) is 1. The molecule has 0 saturated carbocycles. The van der Waals surface area contributed by atoms with Gasteiger partial charge in [-0.15, -0.1) is 0 Å². The summed E-state index contributed by atoms with van der Waals surface area (Å²) in [5, 5.41) is 8.95. The molecule has 1 amide bonds. The lowest BCUT2D eigenvalue weighted by Crippen LogP contribution is -2.45. The van der Waals surface area contributed by atoms with Crippen molar-refractivity contribution in [1.29, 1.82) is 5.26 Å². The molecule has 2 saturated heterocycles. The van der Waals surface area contributed by atoms with E-state index >= 15 is 0 Å². The van der Waals surface area contributed by atoms with Crippen molar-refractivity contribution >= 4 is 15.9 Å². The molecule has 0 bridgehead atoms. The molecule has 2 fully saturated rings. The second kappa shape index (κ2) is 10.6. The van der Waals surface area contributed by atoms with Crippen molar-refractivity contribution in [1.82, 2.24) is 9.21 Å². The number of benzene rings is 2. The number of piperidine rings is 1. The highest BCUT2D eigenvalue weighted by Crippen LogP contribution is 2.34. The Hall–Kier alpha value is -2.89. The van der Waals surface area contributed by atoms with Crippen LogP contribution in [0.15, 0.2) is 53.4 Å². The van der Waals surface area contributed by atoms with Crippen molar-refractivity contribution in [2.45, 2.75) is 49.5 Å². The van der Waals surface area contributed by atoms with Crippen molar-refractivity contribution in [3.63, 3.8) is 0 Å². The molecule has 0 aliphatic carbocycles. The smallest absolute Gasteiger partial charge is 0.243 e. The van der Waals surface area contributed by atoms with Crippen LogP contribution in [0.1, 0.15) is 55.7 Å². The van der Waals surface area contributed by atoms with Gasteiger partial charge in [-0.25, -0.2) is 8.42 Å². The van der Waals surface area contributed by atoms with Crippen LogP contribution in [0.4, 0.5) is 0 Å². The van der Waals surface area contributed by atoms with E-state index < -0.39 is 10.0 Å². The van der Waals surface area contributed by atoms with E-state index in [9.17, 15) is 13.2 Å². The summed E-state index contributed by atoms with van der Waals surface area (Å²) in [5.74, 6) is 0.760. The number of ether oxygens (including phenoxy) is 1. The van der Waals surface area contributed by atoms with E-state index in [2.05, 4.69) is 0 Å². The molecule has 2 aliphatic heterocycles. The summed E-state index contributed by atoms with van der Waals surface area (Å²) in [4.78, 5) is 15.8. The van der Waals surface area contributed by atoms with Crippen LogP contribution in [0.3, 0.4) is 0 Å². The van der Waals surface area contributed by atoms with Crippen LogP contribution in [0.25, 0.3) is 0 Å². The van der Waals surface area contributed by atoms with Gasteiger partial charge in [0.15, 0.2) is 0 Å². The van der Waals surface area contributed by atoms with Crippen LogP contribution in [0.2, 0.25) is 0 Å². The molecule has 2 aromatic rings. The largest absolute Gasteiger partial charge is 0.497 e. The van der Waals surface area contributed by atoms with Gasteiger partial charge in [-0.1, -0.05) is 25.0 Å². The molecule has 2 aliphatic rings. The van der Waals surface area contributed by atoms with Crippen molar-refractivity contribution in [3.05, 3.63) is 59.7 Å². The lowest BCUT2D eigenvalue weighted by atomic mass is 9.94. The number of nitrogens with zero attached hydrogens (tertiary/aromatic N) is 3. The van der Waals surface area contributed by atoms with E-state index in [1.807, 2.05) is 35.2 Å². The predicted molar refractivity (Wildman–Crippen MR) is 129 cm³/mol. The lowest BCUT2D eigenvalue weighted by Gasteiger charge is -2.37. The maximum absolute atomic E-state index is 13.6. The molecular weight excluding hydrogens is 450 g/mol. The normalized spacial score (nSPS) is 20.4. The van der Waals surface area contributed by atoms with Crippen LogP contribution in [-0.4, -0.2) is 50.3 Å². The molecule has 2 aromatic carbocycles. The number of rotatable bonds is 5. The highest BCUT2D eigenvalue weighted by Gasteiger charge is 2.36. The SMILES string of the molecule is COc1ccc(C2CCCCCN2C(=O)C2CCN(S(=O)(=O)c3ccc(C#N)cc3)CC2)cc1. The summed E-state index contributed by atoms with van der Waals surface area (Å²) < 4.78 is 32.8. The summed E-state index contributed by atoms with van der Waals surface area (Å²) in [6.07, 6.45) is 5.15. The van der Waals surface area contributed by atoms with Crippen molar-refractivity contribution in [2.24, 2.45) is 5.92 Å². The van der Waals surface area contributed by atoms with E-state index in [-0.39, 0.29) is 22.8 Å². The minimum Gasteiger partial charge on any atom is -0.497 e. The average Bonchev–Trinajstić information content (AvgIpc) is 3.14. The van der Waals surface area contributed by atoms with E-state index in [1.165, 1.54) is 28.6 Å². The van der Waals surface area contributed by atoms with Gasteiger partial charge in [0, 0.05) is 25.6 Å². The summed E-state index contributed by atoms with van der Waals surface area (Å²) in [5.41, 5.74) is 1.55. The Labute approximate surface area is 202 Å². The van der Waals surface area contributed by atoms with Gasteiger partial charge >= 0.3 is 0 Å². The predicted octanol–water partition coefficient (Wildman–Crippen LogP) is 4.11. The standard InChI is InChI=1S/C26H31N3O4S/c1-33-23-10-8-21(9-11-23)25-5-3-2-4-16-29(25)26(30)22-14-17-28(18-15-22)34(31,32)24-12-6-20(19-27)7-13-24/h6-13,22,25H,2-5,14-18H2,1H3. The first-order valence-electron chi connectivity index (χ1n) is 11.9. The van der Waals surface area contributed by atoms with Gasteiger partial charge in [0.2, 0.25) is 15.9 Å². The Bertz CT molecular complexity index is 1130. The van der Waals surface area contributed by atoms with Gasteiger partial charge < -0.3 is 9.64 Å². The highest BCUT2D eigenvalue weighted by molar-refractivity contribution is 7.89. The minimum absolute atomic E-state index is 0.0429. The van der Waals surface area contributed by atoms with Crippen LogP contribution in [0, 0.1) is 17.2 Å². The highest BCUT2D eigenvalue weighted by atomic mass is 32.2. The maximum Gasteiger partial charge on any atom is 0.243 e. The first-order chi connectivity index (χ1) is 16.4. The van der Waals surface area contributed by atoms with Crippen LogP contribution in [0.5, 0.6) is 5.75 Å². The Morgan fingerprint density at radius 3 is 2.24 bits per heavy atom. The Morgan fingerprint density at radius 1 is 0.941 bits per heavy atom. The van der Waals surface area contributed by atoms with Gasteiger partial charge in [0.1, 0.15) is 5.75 Å². The van der Waals surface area contributed by atoms with Crippen molar-refractivity contribution in [3.8, 4) is 11.8 Å². The fourth-order valence-corrected chi connectivity index (χ4v) is 6.44. The zero-order valence-electron chi connectivity index (χ0n) is 19.5. The van der Waals surface area contributed by atoms with Crippen molar-refractivity contribution in [2.75, 3.05) is 26.7 Å². The molecule has 2 heterocycles. The van der Waals surface area contributed by atoms with E-state index in [4.69, 9.17) is 10.00 Å². The summed E-state index contributed by atoms with van der Waals surface area (Å²) in [7, 11) is -2.00. The number of amides is 1. The second-order valence-corrected chi connectivity index (χ2v) is 10.9. The molecule has 7 nitrogen and oxygen atoms in total. The monoisotopic (exact) mass is 481 g/mol. The number of sulfonamides is 1. The molecular formula is C26H31N3O4S. The Morgan fingerprint density at radius 2 is 1.62 bits per heavy atom. The summed E-state index contributed by atoms with van der Waals surface area (Å²) in [6, 6.07) is 16.0. The Balaban J connectivity index is 1.45. The number of nitriles is 1. The molecule has 0 N–H and O–H groups in total. The molecule has 0 spiro atoms. The third-order valence-corrected chi connectivity index (χ3v) is 8.87. The molecule has 8 heteroatoms. The van der Waals surface area contributed by atoms with Gasteiger partial charge in [-0.05, 0) is 67.6 Å². The Kier molecular flexibility index (Phi) is 7.54. The van der Waals surface area contributed by atoms with Crippen LogP contribution < -0.4 is 4.74 Å². The van der Waals surface area contributed by atoms with E-state index in [1.54, 1.807) is 7.11 Å². The first-order valence-corrected chi connectivity index (χ1v) is 13.3. The van der Waals surface area contributed by atoms with Crippen molar-refractivity contribution < 1.29 is 17.9 Å². The molecule has 0 aromatic heterocycles. The molecule has 1 atom stereocenters. The lowest BCUT2D eigenvalue weighted by molar-refractivity contribution is -0.139. The van der Waals surface area contributed by atoms with Gasteiger partial charge in [0.25, 0.3) is 0 Å². The molecule has 34 heavy (non-hydrogen) atoms. The van der Waals surface area contributed by atoms with E-state index in [0.29, 0.717) is 31.5 Å². The number of carbonyl (C=O) groups excluding carboxylic acids is 1. The zero-order valence-corrected chi connectivity index (χ0v) is 20.3. The van der Waals surface area contributed by atoms with Gasteiger partial charge in [-0.3, -0.25) is 4.79 Å². The second-order valence-electron chi connectivity index (χ2n) is 8.98. The zero-order chi connectivity index (χ0) is 24.1. The topological polar surface area (TPSA) is 90.7 Å². The van der Waals surface area contributed by atoms with Crippen LogP contribution in [-0.2, 0) is 14.8 Å². The summed E-state index contributed by atoms with van der Waals surface area (Å²) >= 11 is 0. The fraction of sp³-hybridized carbons (Fsp3) is 0.462. The molecule has 0 radical (unpaired) electrons. The average molecular weight is 482 g/mol. The first kappa shape index (κ1) is 24.2. The number of carbonyl (C=O) groups is 1. The molecule has 180 valence electrons. The summed E-state index contributed by atoms with van der Waals surface area (Å²) in [6.45, 7) is 1.37. The third-order valence-electron chi connectivity index (χ3n) is 6.96. The number of hydrogen-bond acceptors (Lipinski definition) is 5. The third kappa shape index (κ3) is 5.11. The van der Waals surface area contributed by atoms with Gasteiger partial charge in [0.05, 0.1) is 29.7 Å². The maximum atomic E-state index is 13.6. The number of hydrogen-bond donors (Lipinski definition) is 0. The van der Waals surface area contributed by atoms with E-state index in [0.717, 1.165) is 43.5 Å². The number of methoxy groups -OCH3 is 1. The van der Waals surface area contributed by atoms with Crippen LogP contribution >= 0.6 is 0 Å². The quantitative estimate of drug-likeness (QED) is 0.641.